The first kappa shape index (κ1) is 19.6. The summed E-state index contributed by atoms with van der Waals surface area (Å²) in [5.74, 6) is 0.153. The number of rotatable bonds is 8. The van der Waals surface area contributed by atoms with E-state index < -0.39 is 9.84 Å². The second-order valence-electron chi connectivity index (χ2n) is 6.46. The summed E-state index contributed by atoms with van der Waals surface area (Å²) >= 11 is 2.73. The molecule has 0 aromatic carbocycles. The molecule has 1 aromatic heterocycles. The van der Waals surface area contributed by atoms with Gasteiger partial charge in [-0.1, -0.05) is 11.8 Å². The molecule has 26 heavy (non-hydrogen) atoms. The fourth-order valence-corrected chi connectivity index (χ4v) is 6.47. The van der Waals surface area contributed by atoms with Crippen molar-refractivity contribution < 1.29 is 22.7 Å². The summed E-state index contributed by atoms with van der Waals surface area (Å²) in [7, 11) is -3.01. The molecule has 1 saturated heterocycles. The van der Waals surface area contributed by atoms with Gasteiger partial charge < -0.3 is 9.64 Å². The third kappa shape index (κ3) is 5.20. The number of thiazole rings is 1. The lowest BCUT2D eigenvalue weighted by molar-refractivity contribution is -0.142. The molecular formula is C16H22N2O5S3. The van der Waals surface area contributed by atoms with Gasteiger partial charge in [0.15, 0.2) is 14.2 Å². The average molecular weight is 419 g/mol. The largest absolute Gasteiger partial charge is 0.466 e. The number of ether oxygens (including phenoxy) is 1. The van der Waals surface area contributed by atoms with Crippen LogP contribution in [-0.2, 0) is 30.6 Å². The molecule has 1 amide bonds. The van der Waals surface area contributed by atoms with E-state index in [9.17, 15) is 18.0 Å². The summed E-state index contributed by atoms with van der Waals surface area (Å²) in [5, 5.41) is 1.80. The van der Waals surface area contributed by atoms with Crippen molar-refractivity contribution in [2.75, 3.05) is 23.9 Å². The number of carbonyl (C=O) groups excluding carboxylic acids is 2. The molecule has 1 aliphatic heterocycles. The van der Waals surface area contributed by atoms with Crippen molar-refractivity contribution in [1.29, 1.82) is 0 Å². The van der Waals surface area contributed by atoms with E-state index in [1.165, 1.54) is 23.1 Å². The molecule has 2 heterocycles. The Balaban J connectivity index is 1.54. The van der Waals surface area contributed by atoms with E-state index >= 15 is 0 Å². The molecule has 0 unspecified atom stereocenters. The molecule has 0 radical (unpaired) electrons. The molecule has 144 valence electrons. The summed E-state index contributed by atoms with van der Waals surface area (Å²) in [6.07, 6.45) is 2.57. The van der Waals surface area contributed by atoms with Gasteiger partial charge in [0.1, 0.15) is 0 Å². The highest BCUT2D eigenvalue weighted by molar-refractivity contribution is 8.01. The quantitative estimate of drug-likeness (QED) is 0.467. The fraction of sp³-hybridized carbons (Fsp3) is 0.688. The standard InChI is InChI=1S/C16H22N2O5S3/c1-2-23-15(20)7-11-8-24-16(17-11)25-9-14(19)18(12-3-4-12)13-5-6-26(21,22)10-13/h8,12-13H,2-7,9-10H2,1H3/t13-/m1/s1. The van der Waals surface area contributed by atoms with Crippen LogP contribution in [0.4, 0.5) is 0 Å². The number of sulfone groups is 1. The highest BCUT2D eigenvalue weighted by Crippen LogP contribution is 2.33. The molecule has 1 atom stereocenters. The zero-order valence-corrected chi connectivity index (χ0v) is 17.0. The Morgan fingerprint density at radius 3 is 2.73 bits per heavy atom. The molecule has 0 spiro atoms. The Hall–Kier alpha value is -1.13. The summed E-state index contributed by atoms with van der Waals surface area (Å²) < 4.78 is 29.1. The van der Waals surface area contributed by atoms with Crippen molar-refractivity contribution in [1.82, 2.24) is 9.88 Å². The van der Waals surface area contributed by atoms with Crippen molar-refractivity contribution in [3.63, 3.8) is 0 Å². The van der Waals surface area contributed by atoms with Crippen LogP contribution >= 0.6 is 23.1 Å². The summed E-state index contributed by atoms with van der Waals surface area (Å²) in [6.45, 7) is 2.10. The second kappa shape index (κ2) is 8.26. The normalized spacial score (nSPS) is 21.5. The van der Waals surface area contributed by atoms with E-state index in [0.717, 1.165) is 17.2 Å². The van der Waals surface area contributed by atoms with Crippen LogP contribution in [0.2, 0.25) is 0 Å². The third-order valence-corrected chi connectivity index (χ3v) is 8.12. The van der Waals surface area contributed by atoms with Gasteiger partial charge in [0.25, 0.3) is 0 Å². The Morgan fingerprint density at radius 1 is 1.35 bits per heavy atom. The predicted molar refractivity (Wildman–Crippen MR) is 100 cm³/mol. The van der Waals surface area contributed by atoms with Gasteiger partial charge in [0, 0.05) is 17.5 Å². The van der Waals surface area contributed by atoms with Crippen LogP contribution in [0.5, 0.6) is 0 Å². The second-order valence-corrected chi connectivity index (χ2v) is 10.8. The van der Waals surface area contributed by atoms with Gasteiger partial charge in [-0.3, -0.25) is 9.59 Å². The van der Waals surface area contributed by atoms with Crippen molar-refractivity contribution in [2.45, 2.75) is 49.0 Å². The van der Waals surface area contributed by atoms with E-state index in [0.29, 0.717) is 18.7 Å². The minimum atomic E-state index is -3.01. The Morgan fingerprint density at radius 2 is 2.12 bits per heavy atom. The van der Waals surface area contributed by atoms with Crippen molar-refractivity contribution in [2.24, 2.45) is 0 Å². The van der Waals surface area contributed by atoms with Crippen LogP contribution in [0.25, 0.3) is 0 Å². The summed E-state index contributed by atoms with van der Waals surface area (Å²) in [4.78, 5) is 30.3. The molecule has 1 saturated carbocycles. The lowest BCUT2D eigenvalue weighted by Gasteiger charge is -2.28. The number of amides is 1. The molecule has 2 aliphatic rings. The van der Waals surface area contributed by atoms with Gasteiger partial charge in [-0.05, 0) is 26.2 Å². The summed E-state index contributed by atoms with van der Waals surface area (Å²) in [5.41, 5.74) is 0.643. The van der Waals surface area contributed by atoms with Gasteiger partial charge in [-0.25, -0.2) is 13.4 Å². The molecule has 10 heteroatoms. The van der Waals surface area contributed by atoms with Crippen molar-refractivity contribution in [3.05, 3.63) is 11.1 Å². The van der Waals surface area contributed by atoms with Crippen LogP contribution in [-0.4, -0.2) is 66.1 Å². The predicted octanol–water partition coefficient (Wildman–Crippen LogP) is 1.52. The van der Waals surface area contributed by atoms with Crippen molar-refractivity contribution >= 4 is 44.8 Å². The van der Waals surface area contributed by atoms with E-state index in [2.05, 4.69) is 4.98 Å². The zero-order chi connectivity index (χ0) is 18.7. The van der Waals surface area contributed by atoms with Crippen LogP contribution < -0.4 is 0 Å². The number of hydrogen-bond donors (Lipinski definition) is 0. The van der Waals surface area contributed by atoms with E-state index in [1.54, 1.807) is 17.2 Å². The number of hydrogen-bond acceptors (Lipinski definition) is 8. The first-order chi connectivity index (χ1) is 12.4. The van der Waals surface area contributed by atoms with Gasteiger partial charge in [-0.2, -0.15) is 0 Å². The summed E-state index contributed by atoms with van der Waals surface area (Å²) in [6, 6.07) is 0.00772. The van der Waals surface area contributed by atoms with Crippen LogP contribution in [0.3, 0.4) is 0 Å². The lowest BCUT2D eigenvalue weighted by atomic mass is 10.2. The lowest BCUT2D eigenvalue weighted by Crippen LogP contribution is -2.43. The van der Waals surface area contributed by atoms with Crippen LogP contribution in [0.1, 0.15) is 31.9 Å². The molecular weight excluding hydrogens is 396 g/mol. The molecule has 3 rings (SSSR count). The maximum Gasteiger partial charge on any atom is 0.311 e. The monoisotopic (exact) mass is 418 g/mol. The number of thioether (sulfide) groups is 1. The minimum absolute atomic E-state index is 0.0262. The van der Waals surface area contributed by atoms with Gasteiger partial charge >= 0.3 is 5.97 Å². The number of nitrogens with zero attached hydrogens (tertiary/aromatic N) is 2. The molecule has 1 aromatic rings. The third-order valence-electron chi connectivity index (χ3n) is 4.31. The van der Waals surface area contributed by atoms with Crippen LogP contribution in [0.15, 0.2) is 9.72 Å². The Kier molecular flexibility index (Phi) is 6.24. The van der Waals surface area contributed by atoms with E-state index in [4.69, 9.17) is 4.74 Å². The Labute approximate surface area is 161 Å². The highest BCUT2D eigenvalue weighted by atomic mass is 32.2. The fourth-order valence-electron chi connectivity index (χ4n) is 3.05. The maximum absolute atomic E-state index is 12.7. The first-order valence-corrected chi connectivity index (χ1v) is 12.3. The molecule has 7 nitrogen and oxygen atoms in total. The molecule has 0 N–H and O–H groups in total. The number of carbonyl (C=O) groups is 2. The first-order valence-electron chi connectivity index (χ1n) is 8.62. The maximum atomic E-state index is 12.7. The average Bonchev–Trinajstić information content (AvgIpc) is 3.19. The number of esters is 1. The van der Waals surface area contributed by atoms with Crippen molar-refractivity contribution in [3.8, 4) is 0 Å². The zero-order valence-electron chi connectivity index (χ0n) is 14.5. The Bertz CT molecular complexity index is 773. The minimum Gasteiger partial charge on any atom is -0.466 e. The number of aromatic nitrogens is 1. The smallest absolute Gasteiger partial charge is 0.311 e. The molecule has 0 bridgehead atoms. The molecule has 1 aliphatic carbocycles. The highest BCUT2D eigenvalue weighted by Gasteiger charge is 2.41. The van der Waals surface area contributed by atoms with Gasteiger partial charge in [-0.15, -0.1) is 11.3 Å². The SMILES string of the molecule is CCOC(=O)Cc1csc(SCC(=O)N(C2CC2)[C@@H]2CCS(=O)(=O)C2)n1. The topological polar surface area (TPSA) is 93.6 Å². The molecule has 2 fully saturated rings. The van der Waals surface area contributed by atoms with E-state index in [1.807, 2.05) is 0 Å². The van der Waals surface area contributed by atoms with Gasteiger partial charge in [0.2, 0.25) is 5.91 Å². The van der Waals surface area contributed by atoms with Crippen LogP contribution in [0, 0.1) is 0 Å². The van der Waals surface area contributed by atoms with E-state index in [-0.39, 0.29) is 47.6 Å². The van der Waals surface area contributed by atoms with Gasteiger partial charge in [0.05, 0.1) is 36.0 Å².